The Morgan fingerprint density at radius 3 is 2.70 bits per heavy atom. The summed E-state index contributed by atoms with van der Waals surface area (Å²) >= 11 is 0. The van der Waals surface area contributed by atoms with Crippen molar-refractivity contribution in [1.29, 1.82) is 0 Å². The maximum atomic E-state index is 14.2. The first-order valence-electron chi connectivity index (χ1n) is 9.85. The fourth-order valence-corrected chi connectivity index (χ4v) is 3.52. The van der Waals surface area contributed by atoms with E-state index < -0.39 is 0 Å². The maximum absolute atomic E-state index is 14.2. The summed E-state index contributed by atoms with van der Waals surface area (Å²) in [6.45, 7) is 0.234. The van der Waals surface area contributed by atoms with E-state index in [0.29, 0.717) is 40.3 Å². The zero-order valence-corrected chi connectivity index (χ0v) is 16.2. The molecule has 0 radical (unpaired) electrons. The minimum absolute atomic E-state index is 0.197. The Labute approximate surface area is 172 Å². The van der Waals surface area contributed by atoms with Crippen LogP contribution in [0.5, 0.6) is 0 Å². The lowest BCUT2D eigenvalue weighted by Crippen LogP contribution is -2.28. The zero-order chi connectivity index (χ0) is 20.7. The summed E-state index contributed by atoms with van der Waals surface area (Å²) in [7, 11) is 0. The van der Waals surface area contributed by atoms with Crippen LogP contribution in [0.2, 0.25) is 0 Å². The highest BCUT2D eigenvalue weighted by molar-refractivity contribution is 5.90. The molecule has 1 fully saturated rings. The van der Waals surface area contributed by atoms with Crippen LogP contribution in [0, 0.1) is 5.82 Å². The third kappa shape index (κ3) is 3.18. The summed E-state index contributed by atoms with van der Waals surface area (Å²) < 4.78 is 15.8. The lowest BCUT2D eigenvalue weighted by atomic mass is 9.93. The summed E-state index contributed by atoms with van der Waals surface area (Å²) in [6.07, 6.45) is 5.00. The molecule has 5 N–H and O–H groups in total. The van der Waals surface area contributed by atoms with Gasteiger partial charge in [-0.3, -0.25) is 0 Å². The van der Waals surface area contributed by atoms with Gasteiger partial charge in [-0.05, 0) is 37.5 Å². The van der Waals surface area contributed by atoms with Crippen LogP contribution >= 0.6 is 0 Å². The molecule has 3 aromatic heterocycles. The lowest BCUT2D eigenvalue weighted by Gasteiger charge is -2.27. The number of nitrogens with one attached hydrogen (secondary N) is 1. The van der Waals surface area contributed by atoms with Crippen molar-refractivity contribution < 1.29 is 4.39 Å². The molecule has 3 heterocycles. The number of halogens is 1. The highest BCUT2D eigenvalue weighted by Crippen LogP contribution is 2.32. The van der Waals surface area contributed by atoms with Gasteiger partial charge in [0.1, 0.15) is 17.2 Å². The van der Waals surface area contributed by atoms with Crippen LogP contribution in [-0.4, -0.2) is 30.8 Å². The molecule has 1 saturated carbocycles. The van der Waals surface area contributed by atoms with E-state index in [9.17, 15) is 4.39 Å². The second-order valence-corrected chi connectivity index (χ2v) is 7.44. The number of pyridine rings is 1. The van der Waals surface area contributed by atoms with Crippen molar-refractivity contribution in [3.8, 4) is 11.5 Å². The maximum Gasteiger partial charge on any atom is 0.184 e. The van der Waals surface area contributed by atoms with Gasteiger partial charge in [-0.25, -0.2) is 24.0 Å². The highest BCUT2D eigenvalue weighted by atomic mass is 19.1. The molecule has 0 spiro atoms. The second-order valence-electron chi connectivity index (χ2n) is 7.44. The quantitative estimate of drug-likeness (QED) is 0.467. The highest BCUT2D eigenvalue weighted by Gasteiger charge is 2.22. The average molecular weight is 404 g/mol. The zero-order valence-electron chi connectivity index (χ0n) is 16.2. The SMILES string of the molecule is Nc1nc(-c2nn(Cc3ccccc3F)c3ncccc23)nc(NC2CCC2)c1N. The summed E-state index contributed by atoms with van der Waals surface area (Å²) in [6, 6.07) is 10.6. The van der Waals surface area contributed by atoms with Crippen molar-refractivity contribution >= 4 is 28.4 Å². The Kier molecular flexibility index (Phi) is 4.42. The number of hydrogen-bond donors (Lipinski definition) is 3. The Hall–Kier alpha value is -3.75. The number of nitrogens with two attached hydrogens (primary N) is 2. The number of nitrogen functional groups attached to an aromatic ring is 2. The van der Waals surface area contributed by atoms with Gasteiger partial charge in [0.05, 0.1) is 11.9 Å². The van der Waals surface area contributed by atoms with Crippen LogP contribution in [0.3, 0.4) is 0 Å². The number of fused-ring (bicyclic) bond motifs is 1. The summed E-state index contributed by atoms with van der Waals surface area (Å²) in [5.74, 6) is 0.776. The molecule has 0 bridgehead atoms. The van der Waals surface area contributed by atoms with Crippen molar-refractivity contribution in [2.24, 2.45) is 0 Å². The summed E-state index contributed by atoms with van der Waals surface area (Å²) in [5.41, 5.74) is 14.2. The Morgan fingerprint density at radius 2 is 1.93 bits per heavy atom. The number of anilines is 3. The standard InChI is InChI=1S/C21H21FN8/c22-15-9-2-1-5-12(15)11-30-21-14(8-4-10-25-21)17(29-30)20-27-18(24)16(23)19(28-20)26-13-6-3-7-13/h1-2,4-5,8-10,13H,3,6-7,11,23H2,(H3,24,26,27,28). The van der Waals surface area contributed by atoms with Crippen molar-refractivity contribution in [3.05, 3.63) is 54.0 Å². The molecule has 0 aliphatic heterocycles. The van der Waals surface area contributed by atoms with Gasteiger partial charge in [-0.15, -0.1) is 0 Å². The van der Waals surface area contributed by atoms with Gasteiger partial charge in [0.2, 0.25) is 0 Å². The van der Waals surface area contributed by atoms with Crippen molar-refractivity contribution in [2.45, 2.75) is 31.8 Å². The van der Waals surface area contributed by atoms with Crippen molar-refractivity contribution in [1.82, 2.24) is 24.7 Å². The number of aromatic nitrogens is 5. The van der Waals surface area contributed by atoms with E-state index in [-0.39, 0.29) is 18.2 Å². The number of benzene rings is 1. The predicted octanol–water partition coefficient (Wildman–Crippen LogP) is 3.20. The first-order valence-corrected chi connectivity index (χ1v) is 9.85. The first kappa shape index (κ1) is 18.3. The van der Waals surface area contributed by atoms with Gasteiger partial charge in [-0.2, -0.15) is 5.10 Å². The predicted molar refractivity (Wildman–Crippen MR) is 114 cm³/mol. The molecule has 152 valence electrons. The Morgan fingerprint density at radius 1 is 1.10 bits per heavy atom. The first-order chi connectivity index (χ1) is 14.6. The van der Waals surface area contributed by atoms with Crippen LogP contribution in [0.15, 0.2) is 42.6 Å². The second kappa shape index (κ2) is 7.25. The fourth-order valence-electron chi connectivity index (χ4n) is 3.52. The average Bonchev–Trinajstić information content (AvgIpc) is 3.08. The number of nitrogens with zero attached hydrogens (tertiary/aromatic N) is 5. The van der Waals surface area contributed by atoms with Crippen LogP contribution in [-0.2, 0) is 6.54 Å². The van der Waals surface area contributed by atoms with Crippen LogP contribution in [0.4, 0.5) is 21.7 Å². The largest absolute Gasteiger partial charge is 0.393 e. The van der Waals surface area contributed by atoms with E-state index in [2.05, 4.69) is 25.4 Å². The van der Waals surface area contributed by atoms with Gasteiger partial charge in [0, 0.05) is 17.8 Å². The molecular weight excluding hydrogens is 383 g/mol. The molecule has 8 nitrogen and oxygen atoms in total. The molecule has 5 rings (SSSR count). The summed E-state index contributed by atoms with van der Waals surface area (Å²) in [4.78, 5) is 13.4. The Bertz CT molecular complexity index is 1230. The lowest BCUT2D eigenvalue weighted by molar-refractivity contribution is 0.444. The number of hydrogen-bond acceptors (Lipinski definition) is 7. The third-order valence-electron chi connectivity index (χ3n) is 5.42. The van der Waals surface area contributed by atoms with Crippen LogP contribution in [0.25, 0.3) is 22.6 Å². The molecule has 9 heteroatoms. The molecule has 1 aromatic carbocycles. The topological polar surface area (TPSA) is 121 Å². The normalized spacial score (nSPS) is 14.0. The smallest absolute Gasteiger partial charge is 0.184 e. The molecule has 0 atom stereocenters. The molecule has 1 aliphatic carbocycles. The van der Waals surface area contributed by atoms with E-state index in [0.717, 1.165) is 18.2 Å². The van der Waals surface area contributed by atoms with Gasteiger partial charge in [0.15, 0.2) is 23.1 Å². The fraction of sp³-hybridized carbons (Fsp3) is 0.238. The van der Waals surface area contributed by atoms with Gasteiger partial charge in [-0.1, -0.05) is 18.2 Å². The minimum atomic E-state index is -0.293. The third-order valence-corrected chi connectivity index (χ3v) is 5.42. The molecule has 30 heavy (non-hydrogen) atoms. The molecule has 0 saturated heterocycles. The van der Waals surface area contributed by atoms with E-state index in [1.54, 1.807) is 29.1 Å². The van der Waals surface area contributed by atoms with E-state index in [1.807, 2.05) is 12.1 Å². The molecule has 4 aromatic rings. The van der Waals surface area contributed by atoms with Crippen LogP contribution < -0.4 is 16.8 Å². The molecule has 1 aliphatic rings. The van der Waals surface area contributed by atoms with E-state index in [4.69, 9.17) is 11.5 Å². The monoisotopic (exact) mass is 404 g/mol. The van der Waals surface area contributed by atoms with Gasteiger partial charge in [0.25, 0.3) is 0 Å². The number of rotatable bonds is 5. The minimum Gasteiger partial charge on any atom is -0.393 e. The molecular formula is C21H21FN8. The Balaban J connectivity index is 1.60. The molecule has 0 amide bonds. The van der Waals surface area contributed by atoms with E-state index in [1.165, 1.54) is 12.5 Å². The van der Waals surface area contributed by atoms with Gasteiger partial charge >= 0.3 is 0 Å². The van der Waals surface area contributed by atoms with Crippen molar-refractivity contribution in [3.63, 3.8) is 0 Å². The van der Waals surface area contributed by atoms with Crippen molar-refractivity contribution in [2.75, 3.05) is 16.8 Å². The van der Waals surface area contributed by atoms with Gasteiger partial charge < -0.3 is 16.8 Å². The molecule has 0 unspecified atom stereocenters. The van der Waals surface area contributed by atoms with E-state index >= 15 is 0 Å². The summed E-state index contributed by atoms with van der Waals surface area (Å²) in [5, 5.41) is 8.76. The van der Waals surface area contributed by atoms with Crippen LogP contribution in [0.1, 0.15) is 24.8 Å².